The molecular formula is C12H14N2O3S. The number of nitrogens with zero attached hydrogens (tertiary/aromatic N) is 1. The van der Waals surface area contributed by atoms with Crippen LogP contribution >= 0.6 is 11.3 Å². The van der Waals surface area contributed by atoms with E-state index in [9.17, 15) is 14.7 Å². The van der Waals surface area contributed by atoms with Crippen molar-refractivity contribution in [1.82, 2.24) is 4.98 Å². The third-order valence-electron chi connectivity index (χ3n) is 4.17. The largest absolute Gasteiger partial charge is 0.481 e. The summed E-state index contributed by atoms with van der Waals surface area (Å²) < 4.78 is 0. The van der Waals surface area contributed by atoms with Crippen LogP contribution in [0.3, 0.4) is 0 Å². The normalized spacial score (nSPS) is 33.6. The number of thiazole rings is 1. The molecule has 0 unspecified atom stereocenters. The van der Waals surface area contributed by atoms with Crippen molar-refractivity contribution in [2.24, 2.45) is 23.7 Å². The van der Waals surface area contributed by atoms with Gasteiger partial charge in [-0.05, 0) is 31.1 Å². The fourth-order valence-electron chi connectivity index (χ4n) is 3.50. The van der Waals surface area contributed by atoms with E-state index in [1.54, 1.807) is 11.6 Å². The van der Waals surface area contributed by atoms with Gasteiger partial charge >= 0.3 is 5.97 Å². The molecule has 5 nitrogen and oxygen atoms in total. The molecule has 2 bridgehead atoms. The second-order valence-corrected chi connectivity index (χ2v) is 5.94. The van der Waals surface area contributed by atoms with Gasteiger partial charge in [-0.15, -0.1) is 11.3 Å². The lowest BCUT2D eigenvalue weighted by atomic mass is 9.79. The van der Waals surface area contributed by atoms with Gasteiger partial charge in [-0.3, -0.25) is 9.59 Å². The van der Waals surface area contributed by atoms with Crippen molar-refractivity contribution in [3.63, 3.8) is 0 Å². The molecule has 4 atom stereocenters. The summed E-state index contributed by atoms with van der Waals surface area (Å²) in [5.41, 5.74) is 0. The number of hydrogen-bond acceptors (Lipinski definition) is 4. The molecule has 0 spiro atoms. The van der Waals surface area contributed by atoms with Crippen LogP contribution in [0, 0.1) is 23.7 Å². The number of aromatic nitrogens is 1. The molecule has 2 N–H and O–H groups in total. The predicted molar refractivity (Wildman–Crippen MR) is 66.2 cm³/mol. The number of nitrogens with one attached hydrogen (secondary N) is 1. The SMILES string of the molecule is O=C(Nc1nccs1)[C@@H]1[C@@H]2CC[C@@H](C2)[C@@H]1C(=O)O. The highest BCUT2D eigenvalue weighted by Gasteiger charge is 2.54. The third kappa shape index (κ3) is 1.80. The van der Waals surface area contributed by atoms with Gasteiger partial charge in [0.05, 0.1) is 11.8 Å². The second kappa shape index (κ2) is 4.35. The number of rotatable bonds is 3. The zero-order valence-corrected chi connectivity index (χ0v) is 10.5. The minimum Gasteiger partial charge on any atom is -0.481 e. The van der Waals surface area contributed by atoms with Gasteiger partial charge < -0.3 is 10.4 Å². The molecule has 2 saturated carbocycles. The molecule has 1 heterocycles. The Balaban J connectivity index is 1.78. The van der Waals surface area contributed by atoms with Gasteiger partial charge in [0.25, 0.3) is 0 Å². The summed E-state index contributed by atoms with van der Waals surface area (Å²) in [4.78, 5) is 27.5. The first-order chi connectivity index (χ1) is 8.66. The van der Waals surface area contributed by atoms with E-state index in [4.69, 9.17) is 0 Å². The first kappa shape index (κ1) is 11.6. The maximum absolute atomic E-state index is 12.2. The fourth-order valence-corrected chi connectivity index (χ4v) is 4.03. The lowest BCUT2D eigenvalue weighted by Gasteiger charge is -2.26. The second-order valence-electron chi connectivity index (χ2n) is 5.05. The monoisotopic (exact) mass is 266 g/mol. The number of amides is 1. The van der Waals surface area contributed by atoms with Crippen molar-refractivity contribution in [1.29, 1.82) is 0 Å². The summed E-state index contributed by atoms with van der Waals surface area (Å²) >= 11 is 1.35. The van der Waals surface area contributed by atoms with Crippen LogP contribution in [-0.2, 0) is 9.59 Å². The number of carbonyl (C=O) groups is 2. The lowest BCUT2D eigenvalue weighted by Crippen LogP contribution is -2.37. The van der Waals surface area contributed by atoms with Gasteiger partial charge in [0.15, 0.2) is 5.13 Å². The van der Waals surface area contributed by atoms with Gasteiger partial charge in [0.1, 0.15) is 0 Å². The Kier molecular flexibility index (Phi) is 2.81. The van der Waals surface area contributed by atoms with Crippen LogP contribution in [0.4, 0.5) is 5.13 Å². The van der Waals surface area contributed by atoms with Crippen LogP contribution in [0.15, 0.2) is 11.6 Å². The molecule has 0 aromatic carbocycles. The smallest absolute Gasteiger partial charge is 0.307 e. The Morgan fingerprint density at radius 2 is 2.06 bits per heavy atom. The molecule has 1 aromatic rings. The highest BCUT2D eigenvalue weighted by atomic mass is 32.1. The number of aliphatic carboxylic acids is 1. The molecule has 2 fully saturated rings. The summed E-state index contributed by atoms with van der Waals surface area (Å²) in [5, 5.41) is 14.4. The Morgan fingerprint density at radius 3 is 2.67 bits per heavy atom. The zero-order chi connectivity index (χ0) is 12.7. The van der Waals surface area contributed by atoms with E-state index in [1.165, 1.54) is 11.3 Å². The fraction of sp³-hybridized carbons (Fsp3) is 0.583. The summed E-state index contributed by atoms with van der Waals surface area (Å²) in [6, 6.07) is 0. The first-order valence-corrected chi connectivity index (χ1v) is 6.98. The van der Waals surface area contributed by atoms with Gasteiger partial charge in [-0.25, -0.2) is 4.98 Å². The van der Waals surface area contributed by atoms with Gasteiger partial charge in [-0.2, -0.15) is 0 Å². The van der Waals surface area contributed by atoms with E-state index in [1.807, 2.05) is 0 Å². The van der Waals surface area contributed by atoms with E-state index >= 15 is 0 Å². The number of fused-ring (bicyclic) bond motifs is 2. The molecule has 2 aliphatic carbocycles. The van der Waals surface area contributed by atoms with Crippen LogP contribution in [0.2, 0.25) is 0 Å². The summed E-state index contributed by atoms with van der Waals surface area (Å²) in [7, 11) is 0. The molecule has 0 radical (unpaired) electrons. The maximum atomic E-state index is 12.2. The average Bonchev–Trinajstić information content (AvgIpc) is 3.03. The van der Waals surface area contributed by atoms with Crippen LogP contribution < -0.4 is 5.32 Å². The van der Waals surface area contributed by atoms with E-state index in [0.29, 0.717) is 5.13 Å². The van der Waals surface area contributed by atoms with Gasteiger partial charge in [-0.1, -0.05) is 0 Å². The molecule has 96 valence electrons. The molecule has 3 rings (SSSR count). The molecule has 1 amide bonds. The van der Waals surface area contributed by atoms with Crippen LogP contribution in [0.5, 0.6) is 0 Å². The van der Waals surface area contributed by atoms with Crippen molar-refractivity contribution in [2.45, 2.75) is 19.3 Å². The van der Waals surface area contributed by atoms with Crippen molar-refractivity contribution in [3.05, 3.63) is 11.6 Å². The maximum Gasteiger partial charge on any atom is 0.307 e. The summed E-state index contributed by atoms with van der Waals surface area (Å²) in [6.07, 6.45) is 4.43. The van der Waals surface area contributed by atoms with Crippen molar-refractivity contribution >= 4 is 28.3 Å². The number of carbonyl (C=O) groups excluding carboxylic acids is 1. The number of carboxylic acid groups (broad SMARTS) is 1. The highest BCUT2D eigenvalue weighted by Crippen LogP contribution is 2.52. The topological polar surface area (TPSA) is 79.3 Å². The molecule has 6 heteroatoms. The minimum atomic E-state index is -0.832. The Hall–Kier alpha value is -1.43. The van der Waals surface area contributed by atoms with Crippen LogP contribution in [0.25, 0.3) is 0 Å². The van der Waals surface area contributed by atoms with Crippen LogP contribution in [-0.4, -0.2) is 22.0 Å². The van der Waals surface area contributed by atoms with E-state index in [2.05, 4.69) is 10.3 Å². The quantitative estimate of drug-likeness (QED) is 0.874. The molecular weight excluding hydrogens is 252 g/mol. The zero-order valence-electron chi connectivity index (χ0n) is 9.70. The van der Waals surface area contributed by atoms with Crippen molar-refractivity contribution < 1.29 is 14.7 Å². The number of hydrogen-bond donors (Lipinski definition) is 2. The van der Waals surface area contributed by atoms with Crippen molar-refractivity contribution in [3.8, 4) is 0 Å². The first-order valence-electron chi connectivity index (χ1n) is 6.10. The lowest BCUT2D eigenvalue weighted by molar-refractivity contribution is -0.148. The molecule has 2 aliphatic rings. The van der Waals surface area contributed by atoms with E-state index < -0.39 is 11.9 Å². The number of carboxylic acids is 1. The average molecular weight is 266 g/mol. The van der Waals surface area contributed by atoms with Gasteiger partial charge in [0, 0.05) is 11.6 Å². The highest BCUT2D eigenvalue weighted by molar-refractivity contribution is 7.13. The standard InChI is InChI=1S/C12H14N2O3S/c15-10(14-12-13-3-4-18-12)8-6-1-2-7(5-6)9(8)11(16)17/h3-4,6-9H,1-2,5H2,(H,16,17)(H,13,14,15)/t6-,7+,8-,9+/m1/s1. The molecule has 0 saturated heterocycles. The molecule has 0 aliphatic heterocycles. The Morgan fingerprint density at radius 1 is 1.33 bits per heavy atom. The minimum absolute atomic E-state index is 0.176. The van der Waals surface area contributed by atoms with E-state index in [-0.39, 0.29) is 23.7 Å². The molecule has 18 heavy (non-hydrogen) atoms. The third-order valence-corrected chi connectivity index (χ3v) is 4.86. The van der Waals surface area contributed by atoms with Crippen LogP contribution in [0.1, 0.15) is 19.3 Å². The Bertz CT molecular complexity index is 474. The number of anilines is 1. The predicted octanol–water partition coefficient (Wildman–Crippen LogP) is 1.83. The van der Waals surface area contributed by atoms with Gasteiger partial charge in [0.2, 0.25) is 5.91 Å². The Labute approximate surface area is 108 Å². The summed E-state index contributed by atoms with van der Waals surface area (Å²) in [6.45, 7) is 0. The molecule has 1 aromatic heterocycles. The van der Waals surface area contributed by atoms with Crippen molar-refractivity contribution in [2.75, 3.05) is 5.32 Å². The van der Waals surface area contributed by atoms with E-state index in [0.717, 1.165) is 19.3 Å². The summed E-state index contributed by atoms with van der Waals surface area (Å²) in [5.74, 6) is -1.49.